The first-order chi connectivity index (χ1) is 5.66. The van der Waals surface area contributed by atoms with E-state index >= 15 is 0 Å². The predicted octanol–water partition coefficient (Wildman–Crippen LogP) is 2.34. The average molecular weight is 172 g/mol. The lowest BCUT2D eigenvalue weighted by Crippen LogP contribution is -2.10. The lowest BCUT2D eigenvalue weighted by molar-refractivity contribution is 0.316. The van der Waals surface area contributed by atoms with Crippen molar-refractivity contribution in [3.63, 3.8) is 0 Å². The Morgan fingerprint density at radius 2 is 2.00 bits per heavy atom. The monoisotopic (exact) mass is 172 g/mol. The molecule has 0 bridgehead atoms. The van der Waals surface area contributed by atoms with Crippen molar-refractivity contribution in [1.82, 2.24) is 0 Å². The van der Waals surface area contributed by atoms with Gasteiger partial charge in [0.1, 0.15) is 5.84 Å². The summed E-state index contributed by atoms with van der Waals surface area (Å²) in [5.41, 5.74) is 5.31. The van der Waals surface area contributed by atoms with Crippen LogP contribution in [0.4, 0.5) is 0 Å². The fourth-order valence-electron chi connectivity index (χ4n) is 1.09. The van der Waals surface area contributed by atoms with E-state index in [0.29, 0.717) is 12.3 Å². The number of hydrogen-bond donors (Lipinski definition) is 2. The van der Waals surface area contributed by atoms with E-state index in [4.69, 9.17) is 10.9 Å². The highest BCUT2D eigenvalue weighted by Crippen LogP contribution is 2.08. The van der Waals surface area contributed by atoms with Crippen LogP contribution in [0.2, 0.25) is 0 Å². The number of unbranched alkanes of at least 4 members (excludes halogenated alkanes) is 2. The molecule has 0 saturated heterocycles. The summed E-state index contributed by atoms with van der Waals surface area (Å²) < 4.78 is 0. The van der Waals surface area contributed by atoms with Crippen LogP contribution in [0.1, 0.15) is 46.0 Å². The molecular weight excluding hydrogens is 152 g/mol. The minimum Gasteiger partial charge on any atom is -0.409 e. The third-order valence-electron chi connectivity index (χ3n) is 1.84. The maximum Gasteiger partial charge on any atom is 0.139 e. The van der Waals surface area contributed by atoms with Crippen molar-refractivity contribution in [2.75, 3.05) is 0 Å². The van der Waals surface area contributed by atoms with E-state index in [0.717, 1.165) is 12.3 Å². The van der Waals surface area contributed by atoms with Crippen LogP contribution in [-0.2, 0) is 0 Å². The maximum absolute atomic E-state index is 8.24. The van der Waals surface area contributed by atoms with Crippen molar-refractivity contribution in [3.8, 4) is 0 Å². The van der Waals surface area contributed by atoms with Gasteiger partial charge in [-0.1, -0.05) is 38.3 Å². The summed E-state index contributed by atoms with van der Waals surface area (Å²) in [5.74, 6) is 1.13. The standard InChI is InChI=1S/C9H20N2O/c1-8(2)6-4-3-5-7-9(10)11-12/h8,12H,3-7H2,1-2H3,(H2,10,11). The quantitative estimate of drug-likeness (QED) is 0.212. The molecule has 3 N–H and O–H groups in total. The van der Waals surface area contributed by atoms with Gasteiger partial charge in [0.05, 0.1) is 0 Å². The smallest absolute Gasteiger partial charge is 0.139 e. The molecule has 0 aromatic rings. The topological polar surface area (TPSA) is 58.6 Å². The van der Waals surface area contributed by atoms with E-state index < -0.39 is 0 Å². The van der Waals surface area contributed by atoms with Gasteiger partial charge in [-0.2, -0.15) is 0 Å². The number of nitrogens with two attached hydrogens (primary N) is 1. The van der Waals surface area contributed by atoms with Gasteiger partial charge >= 0.3 is 0 Å². The second-order valence-electron chi connectivity index (χ2n) is 3.58. The van der Waals surface area contributed by atoms with E-state index in [1.165, 1.54) is 19.3 Å². The Labute approximate surface area is 74.6 Å². The highest BCUT2D eigenvalue weighted by molar-refractivity contribution is 5.79. The van der Waals surface area contributed by atoms with Crippen molar-refractivity contribution in [3.05, 3.63) is 0 Å². The fourth-order valence-corrected chi connectivity index (χ4v) is 1.09. The minimum absolute atomic E-state index is 0.347. The molecule has 0 atom stereocenters. The summed E-state index contributed by atoms with van der Waals surface area (Å²) in [7, 11) is 0. The first-order valence-corrected chi connectivity index (χ1v) is 4.63. The Morgan fingerprint density at radius 3 is 2.50 bits per heavy atom. The fraction of sp³-hybridized carbons (Fsp3) is 0.889. The van der Waals surface area contributed by atoms with Crippen molar-refractivity contribution in [1.29, 1.82) is 0 Å². The Bertz CT molecular complexity index is 132. The summed E-state index contributed by atoms with van der Waals surface area (Å²) >= 11 is 0. The molecule has 0 fully saturated rings. The summed E-state index contributed by atoms with van der Waals surface area (Å²) in [6.07, 6.45) is 5.44. The highest BCUT2D eigenvalue weighted by Gasteiger charge is 1.96. The maximum atomic E-state index is 8.24. The molecule has 3 heteroatoms. The number of oxime groups is 1. The Balaban J connectivity index is 3.11. The molecular formula is C9H20N2O. The number of hydrogen-bond acceptors (Lipinski definition) is 2. The molecule has 0 rings (SSSR count). The lowest BCUT2D eigenvalue weighted by Gasteiger charge is -2.03. The van der Waals surface area contributed by atoms with Crippen LogP contribution in [0.25, 0.3) is 0 Å². The zero-order valence-electron chi connectivity index (χ0n) is 8.08. The van der Waals surface area contributed by atoms with Crippen LogP contribution in [0.15, 0.2) is 5.16 Å². The van der Waals surface area contributed by atoms with Crippen LogP contribution in [-0.4, -0.2) is 11.0 Å². The van der Waals surface area contributed by atoms with Gasteiger partial charge in [-0.15, -0.1) is 0 Å². The second-order valence-corrected chi connectivity index (χ2v) is 3.58. The predicted molar refractivity (Wildman–Crippen MR) is 51.3 cm³/mol. The molecule has 0 amide bonds. The molecule has 0 aliphatic rings. The SMILES string of the molecule is CC(C)CCCCCC(N)=NO. The molecule has 0 aromatic heterocycles. The zero-order chi connectivity index (χ0) is 9.40. The van der Waals surface area contributed by atoms with Crippen LogP contribution >= 0.6 is 0 Å². The highest BCUT2D eigenvalue weighted by atomic mass is 16.4. The normalized spacial score (nSPS) is 12.4. The Kier molecular flexibility index (Phi) is 6.53. The molecule has 0 unspecified atom stereocenters. The van der Waals surface area contributed by atoms with E-state index in [1.807, 2.05) is 0 Å². The van der Waals surface area contributed by atoms with Gasteiger partial charge in [0, 0.05) is 6.42 Å². The van der Waals surface area contributed by atoms with Gasteiger partial charge in [-0.25, -0.2) is 0 Å². The van der Waals surface area contributed by atoms with Gasteiger partial charge in [0.25, 0.3) is 0 Å². The van der Waals surface area contributed by atoms with Crippen molar-refractivity contribution >= 4 is 5.84 Å². The molecule has 0 aromatic carbocycles. The van der Waals surface area contributed by atoms with Crippen molar-refractivity contribution in [2.45, 2.75) is 46.0 Å². The van der Waals surface area contributed by atoms with Crippen LogP contribution in [0.3, 0.4) is 0 Å². The van der Waals surface area contributed by atoms with Gasteiger partial charge in [-0.3, -0.25) is 0 Å². The molecule has 12 heavy (non-hydrogen) atoms. The Hall–Kier alpha value is -0.730. The molecule has 0 heterocycles. The van der Waals surface area contributed by atoms with E-state index in [2.05, 4.69) is 19.0 Å². The minimum atomic E-state index is 0.347. The van der Waals surface area contributed by atoms with E-state index in [9.17, 15) is 0 Å². The summed E-state index contributed by atoms with van der Waals surface area (Å²) in [6.45, 7) is 4.45. The first kappa shape index (κ1) is 11.3. The molecule has 0 radical (unpaired) electrons. The van der Waals surface area contributed by atoms with Crippen molar-refractivity contribution < 1.29 is 5.21 Å². The molecule has 0 saturated carbocycles. The van der Waals surface area contributed by atoms with Gasteiger partial charge in [0.2, 0.25) is 0 Å². The van der Waals surface area contributed by atoms with Gasteiger partial charge in [-0.05, 0) is 12.3 Å². The third-order valence-corrected chi connectivity index (χ3v) is 1.84. The van der Waals surface area contributed by atoms with Crippen molar-refractivity contribution in [2.24, 2.45) is 16.8 Å². The zero-order valence-corrected chi connectivity index (χ0v) is 8.08. The van der Waals surface area contributed by atoms with Crippen LogP contribution < -0.4 is 5.73 Å². The summed E-state index contributed by atoms with van der Waals surface area (Å²) in [6, 6.07) is 0. The number of amidine groups is 1. The second kappa shape index (κ2) is 6.95. The number of rotatable bonds is 6. The van der Waals surface area contributed by atoms with Gasteiger partial charge in [0.15, 0.2) is 0 Å². The molecule has 0 aliphatic heterocycles. The van der Waals surface area contributed by atoms with Gasteiger partial charge < -0.3 is 10.9 Å². The average Bonchev–Trinajstić information content (AvgIpc) is 2.03. The van der Waals surface area contributed by atoms with Crippen LogP contribution in [0.5, 0.6) is 0 Å². The molecule has 3 nitrogen and oxygen atoms in total. The largest absolute Gasteiger partial charge is 0.409 e. The summed E-state index contributed by atoms with van der Waals surface area (Å²) in [4.78, 5) is 0. The Morgan fingerprint density at radius 1 is 1.33 bits per heavy atom. The van der Waals surface area contributed by atoms with E-state index in [-0.39, 0.29) is 0 Å². The lowest BCUT2D eigenvalue weighted by atomic mass is 10.0. The summed E-state index contributed by atoms with van der Waals surface area (Å²) in [5, 5.41) is 11.2. The molecule has 72 valence electrons. The first-order valence-electron chi connectivity index (χ1n) is 4.63. The number of nitrogens with zero attached hydrogens (tertiary/aromatic N) is 1. The molecule has 0 spiro atoms. The van der Waals surface area contributed by atoms with Crippen LogP contribution in [0, 0.1) is 5.92 Å². The third kappa shape index (κ3) is 7.38. The van der Waals surface area contributed by atoms with E-state index in [1.54, 1.807) is 0 Å². The molecule has 0 aliphatic carbocycles.